The number of methoxy groups -OCH3 is 1. The number of alkyl halides is 2. The third-order valence-corrected chi connectivity index (χ3v) is 10.2. The van der Waals surface area contributed by atoms with E-state index in [1.54, 1.807) is 12.1 Å². The molecule has 1 saturated carbocycles. The first-order valence-corrected chi connectivity index (χ1v) is 13.5. The van der Waals surface area contributed by atoms with Crippen molar-refractivity contribution in [1.82, 2.24) is 9.80 Å². The molecule has 8 nitrogen and oxygen atoms in total. The molecule has 6 atom stereocenters. The van der Waals surface area contributed by atoms with Gasteiger partial charge in [0.1, 0.15) is 11.5 Å². The number of ether oxygens (including phenoxy) is 1. The molecule has 2 aromatic rings. The van der Waals surface area contributed by atoms with E-state index in [0.717, 1.165) is 10.5 Å². The topological polar surface area (TPSA) is 104 Å². The summed E-state index contributed by atoms with van der Waals surface area (Å²) in [6.07, 6.45) is 2.00. The summed E-state index contributed by atoms with van der Waals surface area (Å²) in [5.41, 5.74) is 1.70. The van der Waals surface area contributed by atoms with Crippen LogP contribution in [0.1, 0.15) is 29.9 Å². The van der Waals surface area contributed by atoms with Gasteiger partial charge in [0, 0.05) is 18.5 Å². The summed E-state index contributed by atoms with van der Waals surface area (Å²) < 4.78 is 5.37. The maximum Gasteiger partial charge on any atom is 0.253 e. The Morgan fingerprint density at radius 3 is 2.41 bits per heavy atom. The highest BCUT2D eigenvalue weighted by Gasteiger charge is 2.76. The van der Waals surface area contributed by atoms with Gasteiger partial charge in [0.15, 0.2) is 9.75 Å². The first-order chi connectivity index (χ1) is 18.5. The minimum absolute atomic E-state index is 0.0978. The van der Waals surface area contributed by atoms with Crippen molar-refractivity contribution >= 4 is 46.8 Å². The number of halogens is 2. The highest BCUT2D eigenvalue weighted by Crippen LogP contribution is 2.66. The number of hydrogen-bond acceptors (Lipinski definition) is 6. The zero-order chi connectivity index (χ0) is 27.9. The number of amides is 4. The lowest BCUT2D eigenvalue weighted by molar-refractivity contribution is -0.141. The van der Waals surface area contributed by atoms with Gasteiger partial charge in [-0.25, -0.2) is 0 Å². The van der Waals surface area contributed by atoms with Gasteiger partial charge in [0.25, 0.3) is 11.8 Å². The number of aromatic hydroxyl groups is 1. The maximum atomic E-state index is 13.9. The Kier molecular flexibility index (Phi) is 5.86. The molecular formula is C29H26Cl2N2O6. The van der Waals surface area contributed by atoms with Gasteiger partial charge >= 0.3 is 0 Å². The number of likely N-dealkylation sites (tertiary alicyclic amines) is 2. The zero-order valence-electron chi connectivity index (χ0n) is 21.3. The van der Waals surface area contributed by atoms with E-state index in [2.05, 4.69) is 0 Å². The Morgan fingerprint density at radius 2 is 1.72 bits per heavy atom. The number of phenols is 1. The first-order valence-electron chi connectivity index (χ1n) is 12.7. The van der Waals surface area contributed by atoms with Crippen molar-refractivity contribution < 1.29 is 29.0 Å². The van der Waals surface area contributed by atoms with Crippen LogP contribution in [0.4, 0.5) is 0 Å². The standard InChI is InChI=1S/C29H26Cl2N2O6/c1-32-26(37)28(30)13-20-17(23(29(28,31)27(32)38)19-12-16(39-2)8-11-21(19)34)9-10-18-22(20)25(36)33(24(18)35)14-15-6-4-3-5-7-15/h3-9,11-12,18,20,22-23,34H,10,13-14H2,1-2H3. The van der Waals surface area contributed by atoms with Gasteiger partial charge < -0.3 is 9.84 Å². The highest BCUT2D eigenvalue weighted by molar-refractivity contribution is 6.53. The molecule has 6 unspecified atom stereocenters. The van der Waals surface area contributed by atoms with Crippen LogP contribution in [0.5, 0.6) is 11.5 Å². The molecular weight excluding hydrogens is 543 g/mol. The molecule has 39 heavy (non-hydrogen) atoms. The summed E-state index contributed by atoms with van der Waals surface area (Å²) in [7, 11) is 2.79. The number of nitrogens with zero attached hydrogens (tertiary/aromatic N) is 2. The van der Waals surface area contributed by atoms with Crippen molar-refractivity contribution in [1.29, 1.82) is 0 Å². The molecule has 0 bridgehead atoms. The summed E-state index contributed by atoms with van der Waals surface area (Å²) in [5.74, 6) is -4.81. The van der Waals surface area contributed by atoms with Gasteiger partial charge in [0.05, 0.1) is 25.5 Å². The third-order valence-electron chi connectivity index (χ3n) is 8.83. The van der Waals surface area contributed by atoms with Crippen molar-refractivity contribution in [2.45, 2.75) is 35.1 Å². The molecule has 2 saturated heterocycles. The molecule has 2 aliphatic carbocycles. The predicted octanol–water partition coefficient (Wildman–Crippen LogP) is 3.59. The smallest absolute Gasteiger partial charge is 0.253 e. The lowest BCUT2D eigenvalue weighted by Crippen LogP contribution is -2.60. The fourth-order valence-corrected chi connectivity index (χ4v) is 7.98. The van der Waals surface area contributed by atoms with E-state index in [9.17, 15) is 24.3 Å². The van der Waals surface area contributed by atoms with Crippen molar-refractivity contribution in [3.05, 3.63) is 71.3 Å². The number of allylic oxidation sites excluding steroid dienone is 2. The van der Waals surface area contributed by atoms with Crippen molar-refractivity contribution in [3.8, 4) is 11.5 Å². The van der Waals surface area contributed by atoms with Gasteiger partial charge in [-0.1, -0.05) is 42.0 Å². The molecule has 0 aromatic heterocycles. The summed E-state index contributed by atoms with van der Waals surface area (Å²) in [5, 5.41) is 11.0. The summed E-state index contributed by atoms with van der Waals surface area (Å²) in [4.78, 5) is 52.8. The zero-order valence-corrected chi connectivity index (χ0v) is 22.8. The Balaban J connectivity index is 1.50. The average Bonchev–Trinajstić information content (AvgIpc) is 3.25. The van der Waals surface area contributed by atoms with Crippen molar-refractivity contribution in [2.24, 2.45) is 17.8 Å². The van der Waals surface area contributed by atoms with E-state index >= 15 is 0 Å². The van der Waals surface area contributed by atoms with Gasteiger partial charge in [-0.15, -0.1) is 23.2 Å². The molecule has 4 aliphatic rings. The predicted molar refractivity (Wildman–Crippen MR) is 142 cm³/mol. The van der Waals surface area contributed by atoms with Crippen LogP contribution in [0.3, 0.4) is 0 Å². The van der Waals surface area contributed by atoms with Crippen LogP contribution in [-0.2, 0) is 25.7 Å². The van der Waals surface area contributed by atoms with Crippen molar-refractivity contribution in [2.75, 3.05) is 14.2 Å². The minimum atomic E-state index is -1.96. The fourth-order valence-electron chi connectivity index (χ4n) is 6.97. The summed E-state index contributed by atoms with van der Waals surface area (Å²) >= 11 is 14.3. The Hall–Kier alpha value is -3.36. The highest BCUT2D eigenvalue weighted by atomic mass is 35.5. The molecule has 2 heterocycles. The number of carbonyl (C=O) groups is 4. The van der Waals surface area contributed by atoms with Crippen LogP contribution in [0.2, 0.25) is 0 Å². The molecule has 0 radical (unpaired) electrons. The number of imide groups is 2. The van der Waals surface area contributed by atoms with Gasteiger partial charge in [-0.05, 0) is 42.5 Å². The molecule has 2 aromatic carbocycles. The second-order valence-corrected chi connectivity index (χ2v) is 11.9. The lowest BCUT2D eigenvalue weighted by Gasteiger charge is -2.50. The number of phenolic OH excluding ortho intramolecular Hbond substituents is 1. The van der Waals surface area contributed by atoms with E-state index in [0.29, 0.717) is 11.3 Å². The summed E-state index contributed by atoms with van der Waals surface area (Å²) in [6, 6.07) is 13.8. The number of benzene rings is 2. The average molecular weight is 569 g/mol. The molecule has 2 aliphatic heterocycles. The van der Waals surface area contributed by atoms with E-state index < -0.39 is 45.2 Å². The first kappa shape index (κ1) is 25.9. The third kappa shape index (κ3) is 3.37. The number of rotatable bonds is 4. The van der Waals surface area contributed by atoms with Crippen LogP contribution in [0.25, 0.3) is 0 Å². The Labute approximate surface area is 235 Å². The second kappa shape index (κ2) is 8.83. The summed E-state index contributed by atoms with van der Waals surface area (Å²) in [6.45, 7) is 0.138. The molecule has 1 N–H and O–H groups in total. The van der Waals surface area contributed by atoms with E-state index in [1.807, 2.05) is 36.4 Å². The normalized spacial score (nSPS) is 33.6. The Bertz CT molecular complexity index is 1460. The Morgan fingerprint density at radius 1 is 1.00 bits per heavy atom. The van der Waals surface area contributed by atoms with Gasteiger partial charge in [0.2, 0.25) is 11.8 Å². The lowest BCUT2D eigenvalue weighted by atomic mass is 9.56. The van der Waals surface area contributed by atoms with E-state index in [4.69, 9.17) is 27.9 Å². The number of fused-ring (bicyclic) bond motifs is 4. The molecule has 202 valence electrons. The fraction of sp³-hybridized carbons (Fsp3) is 0.379. The SMILES string of the molecule is COc1ccc(O)c(C2C3=CCC4C(=O)N(Cc5ccccc5)C(=O)C4C3CC3(Cl)C(=O)N(C)C(=O)C23Cl)c1. The van der Waals surface area contributed by atoms with Crippen LogP contribution in [0, 0.1) is 17.8 Å². The van der Waals surface area contributed by atoms with Crippen LogP contribution in [0.15, 0.2) is 60.2 Å². The largest absolute Gasteiger partial charge is 0.508 e. The van der Waals surface area contributed by atoms with E-state index in [-0.39, 0.29) is 42.5 Å². The van der Waals surface area contributed by atoms with E-state index in [1.165, 1.54) is 25.1 Å². The quantitative estimate of drug-likeness (QED) is 0.343. The van der Waals surface area contributed by atoms with Gasteiger partial charge in [-0.3, -0.25) is 29.0 Å². The second-order valence-electron chi connectivity index (χ2n) is 10.7. The monoisotopic (exact) mass is 568 g/mol. The van der Waals surface area contributed by atoms with Crippen LogP contribution < -0.4 is 4.74 Å². The number of hydrogen-bond donors (Lipinski definition) is 1. The molecule has 6 rings (SSSR count). The maximum absolute atomic E-state index is 13.9. The molecule has 0 spiro atoms. The van der Waals surface area contributed by atoms with Gasteiger partial charge in [-0.2, -0.15) is 0 Å². The number of carbonyl (C=O) groups excluding carboxylic acids is 4. The molecule has 3 fully saturated rings. The van der Waals surface area contributed by atoms with Crippen LogP contribution in [-0.4, -0.2) is 62.4 Å². The van der Waals surface area contributed by atoms with Crippen LogP contribution >= 0.6 is 23.2 Å². The minimum Gasteiger partial charge on any atom is -0.508 e. The van der Waals surface area contributed by atoms with Crippen molar-refractivity contribution in [3.63, 3.8) is 0 Å². The molecule has 10 heteroatoms. The molecule has 4 amide bonds.